The topological polar surface area (TPSA) is 77.9 Å². The normalized spacial score (nSPS) is 24.9. The third-order valence-corrected chi connectivity index (χ3v) is 6.71. The number of sulfone groups is 1. The second kappa shape index (κ2) is 7.50. The Morgan fingerprint density at radius 3 is 2.69 bits per heavy atom. The first-order valence-corrected chi connectivity index (χ1v) is 10.7. The van der Waals surface area contributed by atoms with Crippen molar-refractivity contribution < 1.29 is 18.3 Å². The molecule has 7 heteroatoms. The van der Waals surface area contributed by atoms with Gasteiger partial charge in [0, 0.05) is 17.1 Å². The van der Waals surface area contributed by atoms with Crippen LogP contribution in [0.2, 0.25) is 0 Å². The maximum atomic E-state index is 13.1. The molecule has 0 spiro atoms. The maximum absolute atomic E-state index is 13.1. The molecule has 6 nitrogen and oxygen atoms in total. The van der Waals surface area contributed by atoms with Crippen molar-refractivity contribution in [2.75, 3.05) is 30.3 Å². The van der Waals surface area contributed by atoms with E-state index in [1.807, 2.05) is 36.9 Å². The number of aryl methyl sites for hydroxylation is 2. The number of rotatable bonds is 5. The predicted molar refractivity (Wildman–Crippen MR) is 102 cm³/mol. The van der Waals surface area contributed by atoms with Crippen LogP contribution in [0.25, 0.3) is 0 Å². The van der Waals surface area contributed by atoms with Gasteiger partial charge < -0.3 is 10.0 Å². The van der Waals surface area contributed by atoms with Crippen molar-refractivity contribution in [3.63, 3.8) is 0 Å². The monoisotopic (exact) mass is 378 g/mol. The molecule has 142 valence electrons. The average Bonchev–Trinajstić information content (AvgIpc) is 3.17. The summed E-state index contributed by atoms with van der Waals surface area (Å²) in [6.07, 6.45) is 3.43. The fourth-order valence-electron chi connectivity index (χ4n) is 3.68. The van der Waals surface area contributed by atoms with Gasteiger partial charge in [-0.05, 0) is 62.6 Å². The molecule has 3 rings (SSSR count). The summed E-state index contributed by atoms with van der Waals surface area (Å²) in [5, 5.41) is 10.7. The summed E-state index contributed by atoms with van der Waals surface area (Å²) in [4.78, 5) is 16.7. The highest BCUT2D eigenvalue weighted by atomic mass is 32.2. The van der Waals surface area contributed by atoms with Gasteiger partial charge in [-0.2, -0.15) is 0 Å². The molecule has 0 aliphatic carbocycles. The highest BCUT2D eigenvalue weighted by Gasteiger charge is 2.34. The van der Waals surface area contributed by atoms with Gasteiger partial charge >= 0.3 is 0 Å². The first kappa shape index (κ1) is 19.1. The van der Waals surface area contributed by atoms with Crippen LogP contribution in [0.4, 0.5) is 5.69 Å². The summed E-state index contributed by atoms with van der Waals surface area (Å²) >= 11 is 0. The minimum Gasteiger partial charge on any atom is -0.395 e. The second-order valence-electron chi connectivity index (χ2n) is 7.21. The molecule has 1 aromatic rings. The molecule has 2 aliphatic rings. The summed E-state index contributed by atoms with van der Waals surface area (Å²) in [5.74, 6) is -0.227. The van der Waals surface area contributed by atoms with E-state index in [2.05, 4.69) is 0 Å². The van der Waals surface area contributed by atoms with Crippen LogP contribution in [0.15, 0.2) is 29.7 Å². The fraction of sp³-hybridized carbons (Fsp3) is 0.526. The van der Waals surface area contributed by atoms with E-state index in [-0.39, 0.29) is 30.9 Å². The average molecular weight is 378 g/mol. The van der Waals surface area contributed by atoms with Crippen molar-refractivity contribution in [2.45, 2.75) is 38.8 Å². The number of hydrogen-bond acceptors (Lipinski definition) is 5. The summed E-state index contributed by atoms with van der Waals surface area (Å²) < 4.78 is 23.8. The van der Waals surface area contributed by atoms with E-state index in [4.69, 9.17) is 0 Å². The molecule has 0 saturated carbocycles. The molecule has 26 heavy (non-hydrogen) atoms. The van der Waals surface area contributed by atoms with Gasteiger partial charge in [0.2, 0.25) is 5.91 Å². The van der Waals surface area contributed by atoms with Crippen molar-refractivity contribution in [2.24, 2.45) is 0 Å². The molecule has 0 aromatic heterocycles. The lowest BCUT2D eigenvalue weighted by molar-refractivity contribution is -0.120. The highest BCUT2D eigenvalue weighted by Crippen LogP contribution is 2.26. The van der Waals surface area contributed by atoms with Gasteiger partial charge in [0.25, 0.3) is 0 Å². The number of carbonyl (C=O) groups is 1. The van der Waals surface area contributed by atoms with Crippen LogP contribution in [-0.4, -0.2) is 61.9 Å². The Balaban J connectivity index is 1.88. The van der Waals surface area contributed by atoms with E-state index >= 15 is 0 Å². The standard InChI is InChI=1S/C19H26N2O4S/c1-14-5-6-16(10-15(14)2)21(18-7-9-26(24,25)13-18)19(23)11-20-8-3-4-17(20)12-22/h5-7,9-10,17-18,22H,3-4,8,11-13H2,1-2H3/t17-,18+/m0/s1. The van der Waals surface area contributed by atoms with E-state index < -0.39 is 15.9 Å². The van der Waals surface area contributed by atoms with E-state index in [1.165, 1.54) is 5.41 Å². The van der Waals surface area contributed by atoms with Crippen molar-refractivity contribution in [3.05, 3.63) is 40.8 Å². The molecule has 0 bridgehead atoms. The van der Waals surface area contributed by atoms with Crippen LogP contribution in [0.5, 0.6) is 0 Å². The Bertz CT molecular complexity index is 819. The quantitative estimate of drug-likeness (QED) is 0.838. The number of aliphatic hydroxyl groups is 1. The Morgan fingerprint density at radius 2 is 2.08 bits per heavy atom. The van der Waals surface area contributed by atoms with E-state index in [0.29, 0.717) is 5.69 Å². The third kappa shape index (κ3) is 4.00. The first-order valence-electron chi connectivity index (χ1n) is 8.96. The molecule has 1 amide bonds. The number of hydrogen-bond donors (Lipinski definition) is 1. The Hall–Kier alpha value is -1.70. The summed E-state index contributed by atoms with van der Waals surface area (Å²) in [6.45, 7) is 4.97. The Labute approximate surface area is 155 Å². The largest absolute Gasteiger partial charge is 0.395 e. The van der Waals surface area contributed by atoms with Gasteiger partial charge in [-0.3, -0.25) is 9.69 Å². The summed E-state index contributed by atoms with van der Waals surface area (Å²) in [7, 11) is -3.27. The zero-order chi connectivity index (χ0) is 18.9. The van der Waals surface area contributed by atoms with Gasteiger partial charge in [0.15, 0.2) is 9.84 Å². The molecule has 2 atom stereocenters. The molecule has 1 aromatic carbocycles. The molecule has 0 unspecified atom stereocenters. The lowest BCUT2D eigenvalue weighted by Crippen LogP contribution is -2.48. The molecule has 2 aliphatic heterocycles. The Morgan fingerprint density at radius 1 is 1.31 bits per heavy atom. The molecule has 0 radical (unpaired) electrons. The smallest absolute Gasteiger partial charge is 0.241 e. The van der Waals surface area contributed by atoms with Crippen LogP contribution in [0.3, 0.4) is 0 Å². The first-order chi connectivity index (χ1) is 12.3. The number of anilines is 1. The molecule has 1 fully saturated rings. The van der Waals surface area contributed by atoms with Crippen molar-refractivity contribution in [1.29, 1.82) is 0 Å². The van der Waals surface area contributed by atoms with Crippen molar-refractivity contribution >= 4 is 21.4 Å². The van der Waals surface area contributed by atoms with E-state index in [0.717, 1.165) is 30.5 Å². The predicted octanol–water partition coefficient (Wildman–Crippen LogP) is 1.40. The van der Waals surface area contributed by atoms with Crippen LogP contribution < -0.4 is 4.90 Å². The van der Waals surface area contributed by atoms with Crippen LogP contribution in [-0.2, 0) is 14.6 Å². The number of aliphatic hydroxyl groups excluding tert-OH is 1. The van der Waals surface area contributed by atoms with Crippen LogP contribution >= 0.6 is 0 Å². The molecular formula is C19H26N2O4S. The zero-order valence-corrected chi connectivity index (χ0v) is 16.1. The third-order valence-electron chi connectivity index (χ3n) is 5.33. The second-order valence-corrected chi connectivity index (χ2v) is 9.14. The number of nitrogens with zero attached hydrogens (tertiary/aromatic N) is 2. The highest BCUT2D eigenvalue weighted by molar-refractivity contribution is 7.94. The number of amides is 1. The van der Waals surface area contributed by atoms with Crippen molar-refractivity contribution in [1.82, 2.24) is 4.90 Å². The number of carbonyl (C=O) groups excluding carboxylic acids is 1. The SMILES string of the molecule is Cc1ccc(N(C(=O)CN2CCC[C@H]2CO)[C@@H]2C=CS(=O)(=O)C2)cc1C. The zero-order valence-electron chi connectivity index (χ0n) is 15.3. The lowest BCUT2D eigenvalue weighted by Gasteiger charge is -2.31. The van der Waals surface area contributed by atoms with Gasteiger partial charge in [-0.15, -0.1) is 0 Å². The lowest BCUT2D eigenvalue weighted by atomic mass is 10.1. The van der Waals surface area contributed by atoms with Crippen LogP contribution in [0.1, 0.15) is 24.0 Å². The minimum atomic E-state index is -3.27. The fourth-order valence-corrected chi connectivity index (χ4v) is 4.94. The number of benzene rings is 1. The van der Waals surface area contributed by atoms with Gasteiger partial charge in [-0.25, -0.2) is 8.42 Å². The maximum Gasteiger partial charge on any atom is 0.241 e. The summed E-state index contributed by atoms with van der Waals surface area (Å²) in [5.41, 5.74) is 2.89. The Kier molecular flexibility index (Phi) is 5.50. The molecule has 1 N–H and O–H groups in total. The van der Waals surface area contributed by atoms with Crippen molar-refractivity contribution in [3.8, 4) is 0 Å². The van der Waals surface area contributed by atoms with Gasteiger partial charge in [0.05, 0.1) is 24.9 Å². The number of likely N-dealkylation sites (tertiary alicyclic amines) is 1. The minimum absolute atomic E-state index is 0.00315. The molecule has 2 heterocycles. The molecule has 1 saturated heterocycles. The van der Waals surface area contributed by atoms with E-state index in [9.17, 15) is 18.3 Å². The summed E-state index contributed by atoms with van der Waals surface area (Å²) in [6, 6.07) is 5.25. The van der Waals surface area contributed by atoms with E-state index in [1.54, 1.807) is 11.0 Å². The van der Waals surface area contributed by atoms with Gasteiger partial charge in [-0.1, -0.05) is 6.07 Å². The van der Waals surface area contributed by atoms with Gasteiger partial charge in [0.1, 0.15) is 0 Å². The molecular weight excluding hydrogens is 352 g/mol. The van der Waals surface area contributed by atoms with Crippen LogP contribution in [0, 0.1) is 13.8 Å².